The van der Waals surface area contributed by atoms with E-state index in [2.05, 4.69) is 5.32 Å². The summed E-state index contributed by atoms with van der Waals surface area (Å²) in [5.74, 6) is -0.758. The van der Waals surface area contributed by atoms with Gasteiger partial charge in [0.1, 0.15) is 0 Å². The molecule has 5 nitrogen and oxygen atoms in total. The van der Waals surface area contributed by atoms with E-state index in [0.29, 0.717) is 5.56 Å². The standard InChI is InChI=1S/C18H17NO4/c20-16(14-9-5-2-6-10-14)12-17(21)15(19-18(22)23)11-13-7-3-1-4-8-13/h1-10,15,19H,11-12H2,(H,22,23). The topological polar surface area (TPSA) is 83.5 Å². The summed E-state index contributed by atoms with van der Waals surface area (Å²) >= 11 is 0. The molecule has 1 unspecified atom stereocenters. The van der Waals surface area contributed by atoms with Crippen molar-refractivity contribution >= 4 is 17.7 Å². The van der Waals surface area contributed by atoms with E-state index in [0.717, 1.165) is 5.56 Å². The fourth-order valence-corrected chi connectivity index (χ4v) is 2.25. The molecule has 0 aliphatic carbocycles. The van der Waals surface area contributed by atoms with Crippen molar-refractivity contribution in [1.82, 2.24) is 5.32 Å². The Balaban J connectivity index is 2.07. The highest BCUT2D eigenvalue weighted by atomic mass is 16.4. The number of Topliss-reactive ketones (excluding diaryl/α,β-unsaturated/α-hetero) is 2. The van der Waals surface area contributed by atoms with Crippen LogP contribution < -0.4 is 5.32 Å². The zero-order chi connectivity index (χ0) is 16.7. The largest absolute Gasteiger partial charge is 0.465 e. The van der Waals surface area contributed by atoms with Crippen LogP contribution in [0.4, 0.5) is 4.79 Å². The molecule has 0 saturated heterocycles. The van der Waals surface area contributed by atoms with Gasteiger partial charge in [-0.1, -0.05) is 60.7 Å². The van der Waals surface area contributed by atoms with Crippen LogP contribution in [-0.4, -0.2) is 28.8 Å². The van der Waals surface area contributed by atoms with E-state index in [4.69, 9.17) is 5.11 Å². The van der Waals surface area contributed by atoms with Crippen LogP contribution in [-0.2, 0) is 11.2 Å². The molecular formula is C18H17NO4. The lowest BCUT2D eigenvalue weighted by atomic mass is 9.97. The molecule has 0 fully saturated rings. The average molecular weight is 311 g/mol. The molecule has 2 aromatic rings. The Kier molecular flexibility index (Phi) is 5.63. The summed E-state index contributed by atoms with van der Waals surface area (Å²) in [5, 5.41) is 11.1. The van der Waals surface area contributed by atoms with Gasteiger partial charge in [0.15, 0.2) is 11.6 Å². The molecule has 2 N–H and O–H groups in total. The first-order chi connectivity index (χ1) is 11.1. The van der Waals surface area contributed by atoms with Crippen molar-refractivity contribution in [3.8, 4) is 0 Å². The maximum Gasteiger partial charge on any atom is 0.405 e. The minimum Gasteiger partial charge on any atom is -0.465 e. The predicted molar refractivity (Wildman–Crippen MR) is 85.5 cm³/mol. The number of amides is 1. The highest BCUT2D eigenvalue weighted by Crippen LogP contribution is 2.09. The fourth-order valence-electron chi connectivity index (χ4n) is 2.25. The summed E-state index contributed by atoms with van der Waals surface area (Å²) in [5.41, 5.74) is 1.27. The molecule has 118 valence electrons. The van der Waals surface area contributed by atoms with Crippen LogP contribution in [0, 0.1) is 0 Å². The van der Waals surface area contributed by atoms with Crippen molar-refractivity contribution in [1.29, 1.82) is 0 Å². The van der Waals surface area contributed by atoms with Gasteiger partial charge in [0.05, 0.1) is 12.5 Å². The second-order valence-corrected chi connectivity index (χ2v) is 5.12. The van der Waals surface area contributed by atoms with Gasteiger partial charge in [0.2, 0.25) is 0 Å². The van der Waals surface area contributed by atoms with E-state index in [1.165, 1.54) is 0 Å². The van der Waals surface area contributed by atoms with Crippen LogP contribution in [0.2, 0.25) is 0 Å². The van der Waals surface area contributed by atoms with E-state index in [1.807, 2.05) is 30.3 Å². The number of hydrogen-bond acceptors (Lipinski definition) is 3. The van der Waals surface area contributed by atoms with Crippen LogP contribution in [0.3, 0.4) is 0 Å². The predicted octanol–water partition coefficient (Wildman–Crippen LogP) is 2.71. The number of carbonyl (C=O) groups is 3. The minimum absolute atomic E-state index is 0.216. The molecule has 0 spiro atoms. The smallest absolute Gasteiger partial charge is 0.405 e. The number of carboxylic acid groups (broad SMARTS) is 1. The molecule has 1 amide bonds. The summed E-state index contributed by atoms with van der Waals surface area (Å²) in [6, 6.07) is 16.6. The molecule has 0 bridgehead atoms. The molecule has 1 atom stereocenters. The Morgan fingerprint density at radius 1 is 0.913 bits per heavy atom. The van der Waals surface area contributed by atoms with Gasteiger partial charge in [0.25, 0.3) is 0 Å². The van der Waals surface area contributed by atoms with Crippen molar-refractivity contribution in [2.75, 3.05) is 0 Å². The first kappa shape index (κ1) is 16.4. The third kappa shape index (κ3) is 5.07. The number of carbonyl (C=O) groups excluding carboxylic acids is 2. The Bertz CT molecular complexity index is 683. The monoisotopic (exact) mass is 311 g/mol. The van der Waals surface area contributed by atoms with Crippen molar-refractivity contribution in [3.63, 3.8) is 0 Å². The van der Waals surface area contributed by atoms with Crippen molar-refractivity contribution in [2.45, 2.75) is 18.9 Å². The van der Waals surface area contributed by atoms with E-state index >= 15 is 0 Å². The van der Waals surface area contributed by atoms with Gasteiger partial charge in [-0.05, 0) is 12.0 Å². The highest BCUT2D eigenvalue weighted by molar-refractivity contribution is 6.09. The van der Waals surface area contributed by atoms with E-state index in [1.54, 1.807) is 30.3 Å². The number of rotatable bonds is 7. The summed E-state index contributed by atoms with van der Waals surface area (Å²) in [6.45, 7) is 0. The van der Waals surface area contributed by atoms with Gasteiger partial charge in [-0.25, -0.2) is 4.79 Å². The molecule has 0 heterocycles. The fraction of sp³-hybridized carbons (Fsp3) is 0.167. The average Bonchev–Trinajstić information content (AvgIpc) is 2.55. The molecule has 5 heteroatoms. The second kappa shape index (κ2) is 7.89. The lowest BCUT2D eigenvalue weighted by molar-refractivity contribution is -0.120. The first-order valence-electron chi connectivity index (χ1n) is 7.20. The van der Waals surface area contributed by atoms with Gasteiger partial charge < -0.3 is 10.4 Å². The Hall–Kier alpha value is -2.95. The molecule has 0 aliphatic rings. The molecule has 2 rings (SSSR count). The van der Waals surface area contributed by atoms with Gasteiger partial charge >= 0.3 is 6.09 Å². The van der Waals surface area contributed by atoms with Gasteiger partial charge in [-0.2, -0.15) is 0 Å². The highest BCUT2D eigenvalue weighted by Gasteiger charge is 2.23. The van der Waals surface area contributed by atoms with Crippen LogP contribution in [0.25, 0.3) is 0 Å². The molecule has 0 aromatic heterocycles. The maximum atomic E-state index is 12.3. The number of benzene rings is 2. The minimum atomic E-state index is -1.29. The zero-order valence-electron chi connectivity index (χ0n) is 12.4. The maximum absolute atomic E-state index is 12.3. The lowest BCUT2D eigenvalue weighted by Crippen LogP contribution is -2.42. The van der Waals surface area contributed by atoms with Gasteiger partial charge in [0, 0.05) is 5.56 Å². The van der Waals surface area contributed by atoms with E-state index < -0.39 is 17.9 Å². The lowest BCUT2D eigenvalue weighted by Gasteiger charge is -2.15. The van der Waals surface area contributed by atoms with Gasteiger partial charge in [-0.3, -0.25) is 9.59 Å². The van der Waals surface area contributed by atoms with Crippen molar-refractivity contribution < 1.29 is 19.5 Å². The quantitative estimate of drug-likeness (QED) is 0.608. The number of nitrogens with one attached hydrogen (secondary N) is 1. The normalized spacial score (nSPS) is 11.5. The van der Waals surface area contributed by atoms with Crippen LogP contribution in [0.5, 0.6) is 0 Å². The molecule has 23 heavy (non-hydrogen) atoms. The van der Waals surface area contributed by atoms with Crippen LogP contribution in [0.15, 0.2) is 60.7 Å². The van der Waals surface area contributed by atoms with E-state index in [9.17, 15) is 14.4 Å². The summed E-state index contributed by atoms with van der Waals surface area (Å²) in [6.07, 6.45) is -1.40. The summed E-state index contributed by atoms with van der Waals surface area (Å²) in [4.78, 5) is 35.3. The van der Waals surface area contributed by atoms with Crippen molar-refractivity contribution in [2.24, 2.45) is 0 Å². The third-order valence-electron chi connectivity index (χ3n) is 3.40. The molecule has 2 aromatic carbocycles. The molecule has 0 aliphatic heterocycles. The third-order valence-corrected chi connectivity index (χ3v) is 3.40. The number of hydrogen-bond donors (Lipinski definition) is 2. The Morgan fingerprint density at radius 3 is 2.04 bits per heavy atom. The first-order valence-corrected chi connectivity index (χ1v) is 7.20. The zero-order valence-corrected chi connectivity index (χ0v) is 12.4. The Labute approximate surface area is 134 Å². The summed E-state index contributed by atoms with van der Waals surface area (Å²) < 4.78 is 0. The second-order valence-electron chi connectivity index (χ2n) is 5.12. The van der Waals surface area contributed by atoms with Crippen LogP contribution in [0.1, 0.15) is 22.3 Å². The van der Waals surface area contributed by atoms with Crippen molar-refractivity contribution in [3.05, 3.63) is 71.8 Å². The SMILES string of the molecule is O=C(O)NC(Cc1ccccc1)C(=O)CC(=O)c1ccccc1. The molecule has 0 radical (unpaired) electrons. The van der Waals surface area contributed by atoms with Gasteiger partial charge in [-0.15, -0.1) is 0 Å². The van der Waals surface area contributed by atoms with E-state index in [-0.39, 0.29) is 18.6 Å². The number of ketones is 2. The molecular weight excluding hydrogens is 294 g/mol. The van der Waals surface area contributed by atoms with Crippen LogP contribution >= 0.6 is 0 Å². The summed E-state index contributed by atoms with van der Waals surface area (Å²) in [7, 11) is 0. The molecule has 0 saturated carbocycles. The Morgan fingerprint density at radius 2 is 1.48 bits per heavy atom.